The number of nitrogens with two attached hydrogens (primary N) is 2. The third-order valence-corrected chi connectivity index (χ3v) is 21.3. The van der Waals surface area contributed by atoms with E-state index in [1.54, 1.807) is 106 Å². The topological polar surface area (TPSA) is 370 Å². The standard InChI is InChI=1S/C31H34FN5O6.C29H28FNO6S.C28H26FNO6S/c1-17-22(21-7-6-19(32)14-24(21)23(17)15-28(38)36-16-20-5-4-10-43-20)11-18-12-26(41-2)29(27(13-18)42-3)37-25(30(39)40)8-9-35-31(33)34;1-17-22(11-18-12-25(35-2)29(26(13-18)36-3)38-10-8-28(33)34)21-7-6-19(30)14-24(21)23(17)15-27(32)31-16-20-5-4-9-37-20;1-16-21(9-17-10-24(34-2)28(25(11-17)35-3)37-15-27(32)33)20-7-6-18(29)12-23(20)22(16)13-26(31)30-14-19-5-4-8-36-19/h4-7,10-14,25,37H,8-9,15-16H2,1-3H3,(H,36,38)(H,39,40)(H4,33,34,35);4-7,9,11-14H,8,10,15-16H2,1-3H3,(H,31,32)(H,33,34);4-12H,13-15H2,1-3H3,(H,30,31)(H,32,33)/b2*22-11-;21-9-. The van der Waals surface area contributed by atoms with Crippen LogP contribution in [0.25, 0.3) is 51.7 Å². The molecular formula is C88H88F3N7O18S2. The molecule has 9 aromatic rings. The van der Waals surface area contributed by atoms with E-state index in [9.17, 15) is 47.0 Å². The number of hydrogen-bond acceptors (Lipinski definition) is 19. The zero-order chi connectivity index (χ0) is 84.9. The second kappa shape index (κ2) is 40.9. The van der Waals surface area contributed by atoms with Gasteiger partial charge in [-0.2, -0.15) is 0 Å². The van der Waals surface area contributed by atoms with Gasteiger partial charge in [0.15, 0.2) is 5.96 Å². The van der Waals surface area contributed by atoms with E-state index in [1.807, 2.05) is 51.1 Å². The highest BCUT2D eigenvalue weighted by Gasteiger charge is 2.31. The average molecular weight is 1650 g/mol. The van der Waals surface area contributed by atoms with Gasteiger partial charge in [0, 0.05) is 12.3 Å². The van der Waals surface area contributed by atoms with Gasteiger partial charge in [-0.25, -0.2) is 18.0 Å². The summed E-state index contributed by atoms with van der Waals surface area (Å²) in [4.78, 5) is 77.5. The van der Waals surface area contributed by atoms with E-state index in [2.05, 4.69) is 26.3 Å². The molecular weight excluding hydrogens is 1560 g/mol. The quantitative estimate of drug-likeness (QED) is 0.0103. The Balaban J connectivity index is 0.000000187. The number of furan rings is 3. The van der Waals surface area contributed by atoms with Gasteiger partial charge in [-0.05, 0) is 255 Å². The first-order chi connectivity index (χ1) is 56.7. The van der Waals surface area contributed by atoms with Crippen LogP contribution in [-0.2, 0) is 48.4 Å². The summed E-state index contributed by atoms with van der Waals surface area (Å²) in [5.41, 5.74) is 25.0. The predicted molar refractivity (Wildman–Crippen MR) is 446 cm³/mol. The number of ether oxygens (including phenoxy) is 6. The number of thioether (sulfide) groups is 2. The van der Waals surface area contributed by atoms with Crippen molar-refractivity contribution in [3.63, 3.8) is 0 Å². The number of aliphatic carboxylic acids is 3. The first-order valence-corrected chi connectivity index (χ1v) is 38.7. The molecule has 1 unspecified atom stereocenters. The minimum absolute atomic E-state index is 0.0119. The van der Waals surface area contributed by atoms with Crippen LogP contribution in [0.15, 0.2) is 191 Å². The Morgan fingerprint density at radius 2 is 0.805 bits per heavy atom. The monoisotopic (exact) mass is 1650 g/mol. The van der Waals surface area contributed by atoms with Gasteiger partial charge in [0.2, 0.25) is 17.7 Å². The number of fused-ring (bicyclic) bond motifs is 3. The van der Waals surface area contributed by atoms with Crippen LogP contribution in [0.5, 0.6) is 34.5 Å². The van der Waals surface area contributed by atoms with E-state index in [1.165, 1.54) is 82.9 Å². The summed E-state index contributed by atoms with van der Waals surface area (Å²) in [6.07, 6.45) is 10.7. The van der Waals surface area contributed by atoms with Gasteiger partial charge in [0.05, 0.1) is 122 Å². The summed E-state index contributed by atoms with van der Waals surface area (Å²) in [6.45, 7) is 6.60. The molecule has 1 atom stereocenters. The summed E-state index contributed by atoms with van der Waals surface area (Å²) in [5, 5.41) is 39.3. The Bertz CT molecular complexity index is 5380. The van der Waals surface area contributed by atoms with Crippen molar-refractivity contribution < 1.29 is 98.9 Å². The SMILES string of the molecule is COc1cc(/C=C2/C(C)=C(CC(=O)NCc3ccco3)c3cc(F)ccc32)cc(OC)c1NC(CCN=C(N)N)C(=O)O.COc1cc(/C=C2/C(C)=C(CC(=O)NCc3ccco3)c3cc(F)ccc32)cc(OC)c1SCC(=O)O.COc1cc(/C=C2/C(C)=C(CC(=O)NCc3ccco3)c3cc(F)ccc32)cc(OC)c1SCCC(=O)O. The number of benzene rings is 6. The van der Waals surface area contributed by atoms with E-state index in [0.717, 1.165) is 84.2 Å². The first-order valence-electron chi connectivity index (χ1n) is 36.8. The lowest BCUT2D eigenvalue weighted by Crippen LogP contribution is -2.31. The van der Waals surface area contributed by atoms with Gasteiger partial charge in [-0.1, -0.05) is 18.2 Å². The highest BCUT2D eigenvalue weighted by atomic mass is 32.2. The van der Waals surface area contributed by atoms with Gasteiger partial charge in [0.1, 0.15) is 81.0 Å². The van der Waals surface area contributed by atoms with Crippen LogP contribution >= 0.6 is 23.5 Å². The normalized spacial score (nSPS) is 13.6. The Kier molecular flexibility index (Phi) is 30.2. The van der Waals surface area contributed by atoms with Gasteiger partial charge in [-0.3, -0.25) is 29.0 Å². The fourth-order valence-electron chi connectivity index (χ4n) is 13.4. The minimum Gasteiger partial charge on any atom is -0.495 e. The van der Waals surface area contributed by atoms with Crippen LogP contribution < -0.4 is 61.2 Å². The number of anilines is 1. The molecule has 0 saturated heterocycles. The number of hydrogen-bond donors (Lipinski definition) is 9. The van der Waals surface area contributed by atoms with Crippen LogP contribution in [0.3, 0.4) is 0 Å². The second-order valence-electron chi connectivity index (χ2n) is 26.8. The Hall–Kier alpha value is -13.2. The molecule has 0 spiro atoms. The summed E-state index contributed by atoms with van der Waals surface area (Å²) in [7, 11) is 9.04. The minimum atomic E-state index is -1.10. The number of rotatable bonds is 34. The van der Waals surface area contributed by atoms with Crippen LogP contribution in [0.2, 0.25) is 0 Å². The summed E-state index contributed by atoms with van der Waals surface area (Å²) >= 11 is 2.46. The average Bonchev–Trinajstić information content (AvgIpc) is 1.63. The molecule has 0 fully saturated rings. The number of allylic oxidation sites excluding steroid dienone is 6. The molecule has 3 aromatic heterocycles. The zero-order valence-corrected chi connectivity index (χ0v) is 67.6. The number of carboxylic acid groups (broad SMARTS) is 3. The van der Waals surface area contributed by atoms with Crippen molar-refractivity contribution in [2.75, 3.05) is 66.0 Å². The number of halogens is 3. The number of guanidine groups is 1. The van der Waals surface area contributed by atoms with Crippen molar-refractivity contribution in [2.24, 2.45) is 16.5 Å². The van der Waals surface area contributed by atoms with Crippen LogP contribution in [-0.4, -0.2) is 124 Å². The molecule has 118 heavy (non-hydrogen) atoms. The zero-order valence-electron chi connectivity index (χ0n) is 66.0. The van der Waals surface area contributed by atoms with Crippen molar-refractivity contribution in [1.29, 1.82) is 0 Å². The lowest BCUT2D eigenvalue weighted by molar-refractivity contribution is -0.138. The molecule has 0 saturated carbocycles. The van der Waals surface area contributed by atoms with Crippen LogP contribution in [0.4, 0.5) is 18.9 Å². The fraction of sp³-hybridized carbons (Fsp3) is 0.239. The molecule has 0 aliphatic heterocycles. The van der Waals surface area contributed by atoms with Gasteiger partial charge < -0.3 is 89.7 Å². The molecule has 0 radical (unpaired) electrons. The molecule has 3 aliphatic carbocycles. The highest BCUT2D eigenvalue weighted by molar-refractivity contribution is 8.00. The van der Waals surface area contributed by atoms with Gasteiger partial charge in [0.25, 0.3) is 0 Å². The van der Waals surface area contributed by atoms with Gasteiger partial charge >= 0.3 is 17.9 Å². The number of nitrogens with zero attached hydrogens (tertiary/aromatic N) is 1. The molecule has 25 nitrogen and oxygen atoms in total. The summed E-state index contributed by atoms with van der Waals surface area (Å²) in [6, 6.07) is 33.9. The number of carbonyl (C=O) groups excluding carboxylic acids is 3. The first kappa shape index (κ1) is 87.2. The maximum Gasteiger partial charge on any atom is 0.326 e. The summed E-state index contributed by atoms with van der Waals surface area (Å²) in [5.74, 6) is 0.0630. The number of carboxylic acids is 3. The largest absolute Gasteiger partial charge is 0.495 e. The summed E-state index contributed by atoms with van der Waals surface area (Å²) < 4.78 is 92.1. The number of amides is 3. The molecule has 3 amide bonds. The predicted octanol–water partition coefficient (Wildman–Crippen LogP) is 15.7. The van der Waals surface area contributed by atoms with E-state index in [4.69, 9.17) is 63.4 Å². The van der Waals surface area contributed by atoms with Crippen LogP contribution in [0.1, 0.15) is 120 Å². The molecule has 6 aromatic carbocycles. The fourth-order valence-corrected chi connectivity index (χ4v) is 15.3. The third kappa shape index (κ3) is 22.2. The Labute approximate surface area is 686 Å². The smallest absolute Gasteiger partial charge is 0.326 e. The maximum atomic E-state index is 14.4. The molecule has 3 heterocycles. The van der Waals surface area contributed by atoms with Crippen LogP contribution in [0, 0.1) is 17.5 Å². The van der Waals surface area contributed by atoms with Crippen molar-refractivity contribution in [1.82, 2.24) is 16.0 Å². The molecule has 12 rings (SSSR count). The maximum absolute atomic E-state index is 14.4. The number of aliphatic imine (C=N–C) groups is 1. The molecule has 616 valence electrons. The Morgan fingerprint density at radius 1 is 0.466 bits per heavy atom. The van der Waals surface area contributed by atoms with E-state index >= 15 is 0 Å². The third-order valence-electron chi connectivity index (χ3n) is 19.2. The molecule has 0 bridgehead atoms. The molecule has 3 aliphatic rings. The van der Waals surface area contributed by atoms with Gasteiger partial charge in [-0.15, -0.1) is 23.5 Å². The molecule has 30 heteroatoms. The second-order valence-corrected chi connectivity index (χ2v) is 28.9. The van der Waals surface area contributed by atoms with E-state index in [0.29, 0.717) is 101 Å². The van der Waals surface area contributed by atoms with E-state index < -0.39 is 29.8 Å². The van der Waals surface area contributed by atoms with E-state index in [-0.39, 0.29) is 99.4 Å². The van der Waals surface area contributed by atoms with Crippen molar-refractivity contribution in [3.8, 4) is 34.5 Å². The van der Waals surface area contributed by atoms with Crippen molar-refractivity contribution in [3.05, 3.63) is 248 Å². The lowest BCUT2D eigenvalue weighted by atomic mass is 10.00. The number of methoxy groups -OCH3 is 6. The number of nitrogens with one attached hydrogen (secondary N) is 4. The Morgan fingerprint density at radius 3 is 1.10 bits per heavy atom. The molecule has 11 N–H and O–H groups in total. The highest BCUT2D eigenvalue weighted by Crippen LogP contribution is 2.50. The van der Waals surface area contributed by atoms with Crippen molar-refractivity contribution in [2.45, 2.75) is 88.3 Å². The number of carbonyl (C=O) groups is 6. The lowest BCUT2D eigenvalue weighted by Gasteiger charge is -2.20. The van der Waals surface area contributed by atoms with Crippen molar-refractivity contribution >= 4 is 122 Å².